The maximum atomic E-state index is 12.9. The summed E-state index contributed by atoms with van der Waals surface area (Å²) >= 11 is 0. The van der Waals surface area contributed by atoms with Crippen molar-refractivity contribution in [3.05, 3.63) is 60.9 Å². The molecule has 1 aliphatic heterocycles. The largest absolute Gasteiger partial charge is 0.481 e. The second kappa shape index (κ2) is 8.25. The normalized spacial score (nSPS) is 15.9. The van der Waals surface area contributed by atoms with Crippen LogP contribution in [0.3, 0.4) is 0 Å². The maximum Gasteiger partial charge on any atom is 0.263 e. The quantitative estimate of drug-likeness (QED) is 0.700. The number of amides is 1. The average Bonchev–Trinajstić information content (AvgIpc) is 3.00. The fourth-order valence-corrected chi connectivity index (χ4v) is 3.54. The monoisotopic (exact) mass is 376 g/mol. The first-order valence-corrected chi connectivity index (χ1v) is 9.67. The van der Waals surface area contributed by atoms with Gasteiger partial charge in [-0.3, -0.25) is 4.79 Å². The van der Waals surface area contributed by atoms with Crippen molar-refractivity contribution in [1.29, 1.82) is 0 Å². The van der Waals surface area contributed by atoms with E-state index in [0.717, 1.165) is 36.2 Å². The minimum Gasteiger partial charge on any atom is -0.481 e. The van der Waals surface area contributed by atoms with Crippen molar-refractivity contribution in [3.8, 4) is 5.75 Å². The highest BCUT2D eigenvalue weighted by molar-refractivity contribution is 5.84. The van der Waals surface area contributed by atoms with E-state index < -0.39 is 6.10 Å². The SMILES string of the molecule is C[C@H](Oc1ccc2ccccc2c1)C(=O)N1CCCN(c2ncccn2)CC1. The minimum atomic E-state index is -0.527. The van der Waals surface area contributed by atoms with Gasteiger partial charge in [-0.1, -0.05) is 30.3 Å². The predicted molar refractivity (Wildman–Crippen MR) is 109 cm³/mol. The standard InChI is InChI=1S/C22H24N4O2/c1-17(28-20-9-8-18-6-2-3-7-19(18)16-20)21(27)25-12-5-13-26(15-14-25)22-23-10-4-11-24-22/h2-4,6-11,16-17H,5,12-15H2,1H3/t17-/m0/s1. The molecule has 1 fully saturated rings. The van der Waals surface area contributed by atoms with Crippen LogP contribution in [0.4, 0.5) is 5.95 Å². The molecule has 1 atom stereocenters. The van der Waals surface area contributed by atoms with E-state index in [1.807, 2.05) is 54.3 Å². The molecule has 144 valence electrons. The molecule has 1 saturated heterocycles. The first-order valence-electron chi connectivity index (χ1n) is 9.67. The summed E-state index contributed by atoms with van der Waals surface area (Å²) in [5.74, 6) is 1.45. The molecule has 2 heterocycles. The topological polar surface area (TPSA) is 58.6 Å². The fourth-order valence-electron chi connectivity index (χ4n) is 3.54. The van der Waals surface area contributed by atoms with Crippen LogP contribution in [0, 0.1) is 0 Å². The maximum absolute atomic E-state index is 12.9. The van der Waals surface area contributed by atoms with Crippen molar-refractivity contribution < 1.29 is 9.53 Å². The molecule has 0 unspecified atom stereocenters. The van der Waals surface area contributed by atoms with E-state index in [-0.39, 0.29) is 5.91 Å². The molecular weight excluding hydrogens is 352 g/mol. The summed E-state index contributed by atoms with van der Waals surface area (Å²) in [6.45, 7) is 4.74. The number of fused-ring (bicyclic) bond motifs is 1. The highest BCUT2D eigenvalue weighted by Crippen LogP contribution is 2.22. The van der Waals surface area contributed by atoms with Crippen LogP contribution < -0.4 is 9.64 Å². The van der Waals surface area contributed by atoms with Crippen molar-refractivity contribution >= 4 is 22.6 Å². The van der Waals surface area contributed by atoms with E-state index in [0.29, 0.717) is 18.8 Å². The van der Waals surface area contributed by atoms with Crippen LogP contribution in [-0.4, -0.2) is 53.1 Å². The van der Waals surface area contributed by atoms with Gasteiger partial charge in [-0.2, -0.15) is 0 Å². The number of hydrogen-bond acceptors (Lipinski definition) is 5. The molecule has 4 rings (SSSR count). The molecule has 0 bridgehead atoms. The lowest BCUT2D eigenvalue weighted by Crippen LogP contribution is -2.42. The van der Waals surface area contributed by atoms with E-state index >= 15 is 0 Å². The second-order valence-electron chi connectivity index (χ2n) is 6.98. The number of rotatable bonds is 4. The number of ether oxygens (including phenoxy) is 1. The molecular formula is C22H24N4O2. The van der Waals surface area contributed by atoms with Gasteiger partial charge in [-0.15, -0.1) is 0 Å². The molecule has 0 saturated carbocycles. The molecule has 3 aromatic rings. The van der Waals surface area contributed by atoms with Crippen LogP contribution in [0.5, 0.6) is 5.75 Å². The molecule has 1 aromatic heterocycles. The highest BCUT2D eigenvalue weighted by Gasteiger charge is 2.25. The van der Waals surface area contributed by atoms with Crippen molar-refractivity contribution in [3.63, 3.8) is 0 Å². The van der Waals surface area contributed by atoms with E-state index in [1.165, 1.54) is 0 Å². The van der Waals surface area contributed by atoms with Gasteiger partial charge >= 0.3 is 0 Å². The van der Waals surface area contributed by atoms with E-state index in [2.05, 4.69) is 20.9 Å². The van der Waals surface area contributed by atoms with Crippen LogP contribution in [0.1, 0.15) is 13.3 Å². The third-order valence-electron chi connectivity index (χ3n) is 5.02. The first-order chi connectivity index (χ1) is 13.7. The Morgan fingerprint density at radius 2 is 1.75 bits per heavy atom. The predicted octanol–water partition coefficient (Wildman–Crippen LogP) is 3.14. The number of anilines is 1. The lowest BCUT2D eigenvalue weighted by molar-refractivity contribution is -0.137. The summed E-state index contributed by atoms with van der Waals surface area (Å²) in [4.78, 5) is 25.6. The summed E-state index contributed by atoms with van der Waals surface area (Å²) in [6, 6.07) is 15.8. The van der Waals surface area contributed by atoms with E-state index in [1.54, 1.807) is 12.4 Å². The van der Waals surface area contributed by atoms with Gasteiger partial charge in [0, 0.05) is 38.6 Å². The van der Waals surface area contributed by atoms with Crippen LogP contribution >= 0.6 is 0 Å². The van der Waals surface area contributed by atoms with Gasteiger partial charge < -0.3 is 14.5 Å². The lowest BCUT2D eigenvalue weighted by Gasteiger charge is -2.25. The lowest BCUT2D eigenvalue weighted by atomic mass is 10.1. The van der Waals surface area contributed by atoms with Crippen LogP contribution in [0.2, 0.25) is 0 Å². The van der Waals surface area contributed by atoms with Crippen molar-refractivity contribution in [2.24, 2.45) is 0 Å². The van der Waals surface area contributed by atoms with Gasteiger partial charge in [0.25, 0.3) is 5.91 Å². The van der Waals surface area contributed by atoms with E-state index in [9.17, 15) is 4.79 Å². The Morgan fingerprint density at radius 1 is 0.964 bits per heavy atom. The van der Waals surface area contributed by atoms with Gasteiger partial charge in [-0.25, -0.2) is 9.97 Å². The van der Waals surface area contributed by atoms with Crippen LogP contribution in [0.25, 0.3) is 10.8 Å². The van der Waals surface area contributed by atoms with Gasteiger partial charge in [-0.05, 0) is 42.3 Å². The van der Waals surface area contributed by atoms with Gasteiger partial charge in [0.05, 0.1) is 0 Å². The first kappa shape index (κ1) is 18.2. The van der Waals surface area contributed by atoms with Crippen molar-refractivity contribution in [2.45, 2.75) is 19.4 Å². The van der Waals surface area contributed by atoms with Gasteiger partial charge in [0.15, 0.2) is 6.10 Å². The number of aromatic nitrogens is 2. The molecule has 6 nitrogen and oxygen atoms in total. The zero-order valence-corrected chi connectivity index (χ0v) is 16.0. The number of nitrogens with zero attached hydrogens (tertiary/aromatic N) is 4. The molecule has 28 heavy (non-hydrogen) atoms. The Hall–Kier alpha value is -3.15. The summed E-state index contributed by atoms with van der Waals surface area (Å²) in [5, 5.41) is 2.26. The third-order valence-corrected chi connectivity index (χ3v) is 5.02. The molecule has 0 spiro atoms. The number of carbonyl (C=O) groups is 1. The van der Waals surface area contributed by atoms with Gasteiger partial charge in [0.2, 0.25) is 5.95 Å². The zero-order chi connectivity index (χ0) is 19.3. The average molecular weight is 376 g/mol. The Bertz CT molecular complexity index is 947. The number of benzene rings is 2. The smallest absolute Gasteiger partial charge is 0.263 e. The van der Waals surface area contributed by atoms with E-state index in [4.69, 9.17) is 4.74 Å². The highest BCUT2D eigenvalue weighted by atomic mass is 16.5. The number of hydrogen-bond donors (Lipinski definition) is 0. The molecule has 0 N–H and O–H groups in total. The zero-order valence-electron chi connectivity index (χ0n) is 16.0. The molecule has 1 aliphatic rings. The summed E-state index contributed by atoms with van der Waals surface area (Å²) in [5.41, 5.74) is 0. The molecule has 2 aromatic carbocycles. The summed E-state index contributed by atoms with van der Waals surface area (Å²) in [6.07, 6.45) is 3.85. The molecule has 0 aliphatic carbocycles. The Labute approximate surface area is 164 Å². The Morgan fingerprint density at radius 3 is 2.57 bits per heavy atom. The molecule has 1 amide bonds. The number of carbonyl (C=O) groups excluding carboxylic acids is 1. The second-order valence-corrected chi connectivity index (χ2v) is 6.98. The van der Waals surface area contributed by atoms with Crippen molar-refractivity contribution in [1.82, 2.24) is 14.9 Å². The third kappa shape index (κ3) is 4.06. The molecule has 6 heteroatoms. The summed E-state index contributed by atoms with van der Waals surface area (Å²) < 4.78 is 5.96. The van der Waals surface area contributed by atoms with Gasteiger partial charge in [0.1, 0.15) is 5.75 Å². The Balaban J connectivity index is 1.39. The van der Waals surface area contributed by atoms with Crippen LogP contribution in [0.15, 0.2) is 60.9 Å². The molecule has 0 radical (unpaired) electrons. The van der Waals surface area contributed by atoms with Crippen molar-refractivity contribution in [2.75, 3.05) is 31.1 Å². The van der Waals surface area contributed by atoms with Crippen LogP contribution in [-0.2, 0) is 4.79 Å². The fraction of sp³-hybridized carbons (Fsp3) is 0.318. The summed E-state index contributed by atoms with van der Waals surface area (Å²) in [7, 11) is 0. The minimum absolute atomic E-state index is 0.0176. The Kier molecular flexibility index (Phi) is 5.37.